The summed E-state index contributed by atoms with van der Waals surface area (Å²) in [7, 11) is 0. The third kappa shape index (κ3) is 2.25. The minimum Gasteiger partial charge on any atom is -0.320 e. The molecule has 1 atom stereocenters. The molecule has 0 saturated carbocycles. The van der Waals surface area contributed by atoms with Gasteiger partial charge in [-0.25, -0.2) is 13.2 Å². The third-order valence-corrected chi connectivity index (χ3v) is 3.45. The lowest BCUT2D eigenvalue weighted by Crippen LogP contribution is -2.15. The van der Waals surface area contributed by atoms with Gasteiger partial charge >= 0.3 is 0 Å². The summed E-state index contributed by atoms with van der Waals surface area (Å²) in [6.45, 7) is 0. The zero-order valence-electron chi connectivity index (χ0n) is 10.9. The van der Waals surface area contributed by atoms with Crippen LogP contribution in [0.3, 0.4) is 0 Å². The fourth-order valence-corrected chi connectivity index (χ4v) is 2.36. The van der Waals surface area contributed by atoms with E-state index in [4.69, 9.17) is 5.73 Å². The van der Waals surface area contributed by atoms with Crippen molar-refractivity contribution in [2.24, 2.45) is 5.73 Å². The molecule has 0 amide bonds. The number of fused-ring (bicyclic) bond motifs is 1. The zero-order chi connectivity index (χ0) is 15.0. The van der Waals surface area contributed by atoms with Crippen molar-refractivity contribution in [3.8, 4) is 0 Å². The number of benzene rings is 2. The fourth-order valence-electron chi connectivity index (χ4n) is 2.36. The molecule has 106 valence electrons. The van der Waals surface area contributed by atoms with Gasteiger partial charge in [0.05, 0.1) is 6.04 Å². The first-order valence-corrected chi connectivity index (χ1v) is 6.31. The van der Waals surface area contributed by atoms with Crippen molar-refractivity contribution in [2.75, 3.05) is 0 Å². The van der Waals surface area contributed by atoms with E-state index in [9.17, 15) is 13.2 Å². The van der Waals surface area contributed by atoms with E-state index in [1.54, 1.807) is 30.6 Å². The Morgan fingerprint density at radius 1 is 0.905 bits per heavy atom. The number of halogens is 3. The van der Waals surface area contributed by atoms with Gasteiger partial charge in [-0.15, -0.1) is 0 Å². The molecule has 21 heavy (non-hydrogen) atoms. The summed E-state index contributed by atoms with van der Waals surface area (Å²) in [5, 5.41) is 1.64. The Morgan fingerprint density at radius 3 is 2.52 bits per heavy atom. The van der Waals surface area contributed by atoms with E-state index in [1.807, 2.05) is 6.07 Å². The van der Waals surface area contributed by atoms with Gasteiger partial charge in [0.25, 0.3) is 0 Å². The SMILES string of the molecule is NC(c1ccc(F)c(F)c1F)c1cccc2ccncc12. The maximum absolute atomic E-state index is 13.9. The Hall–Kier alpha value is -2.40. The lowest BCUT2D eigenvalue weighted by Gasteiger charge is -2.16. The Bertz CT molecular complexity index is 812. The van der Waals surface area contributed by atoms with Crippen LogP contribution in [0.25, 0.3) is 10.8 Å². The molecule has 0 radical (unpaired) electrons. The van der Waals surface area contributed by atoms with Gasteiger partial charge in [0.15, 0.2) is 17.5 Å². The van der Waals surface area contributed by atoms with Crippen LogP contribution in [-0.2, 0) is 0 Å². The second kappa shape index (κ2) is 5.18. The van der Waals surface area contributed by atoms with Crippen LogP contribution in [0.5, 0.6) is 0 Å². The van der Waals surface area contributed by atoms with E-state index < -0.39 is 23.5 Å². The lowest BCUT2D eigenvalue weighted by molar-refractivity contribution is 0.438. The predicted molar refractivity (Wildman–Crippen MR) is 74.1 cm³/mol. The maximum atomic E-state index is 13.9. The molecule has 5 heteroatoms. The maximum Gasteiger partial charge on any atom is 0.194 e. The minimum atomic E-state index is -1.51. The highest BCUT2D eigenvalue weighted by atomic mass is 19.2. The summed E-state index contributed by atoms with van der Waals surface area (Å²) in [5.74, 6) is -4.01. The van der Waals surface area contributed by atoms with Crippen LogP contribution in [0.1, 0.15) is 17.2 Å². The third-order valence-electron chi connectivity index (χ3n) is 3.45. The van der Waals surface area contributed by atoms with Crippen molar-refractivity contribution in [3.05, 3.63) is 77.4 Å². The molecule has 1 heterocycles. The normalized spacial score (nSPS) is 12.6. The van der Waals surface area contributed by atoms with Crippen molar-refractivity contribution in [1.82, 2.24) is 4.98 Å². The van der Waals surface area contributed by atoms with Gasteiger partial charge in [-0.05, 0) is 23.1 Å². The summed E-state index contributed by atoms with van der Waals surface area (Å²) in [5.41, 5.74) is 6.56. The van der Waals surface area contributed by atoms with E-state index in [-0.39, 0.29) is 5.56 Å². The largest absolute Gasteiger partial charge is 0.320 e. The Morgan fingerprint density at radius 2 is 1.71 bits per heavy atom. The number of hydrogen-bond donors (Lipinski definition) is 1. The van der Waals surface area contributed by atoms with E-state index in [0.29, 0.717) is 5.56 Å². The second-order valence-electron chi connectivity index (χ2n) is 4.69. The smallest absolute Gasteiger partial charge is 0.194 e. The average molecular weight is 288 g/mol. The van der Waals surface area contributed by atoms with E-state index >= 15 is 0 Å². The average Bonchev–Trinajstić information content (AvgIpc) is 2.51. The number of aromatic nitrogens is 1. The van der Waals surface area contributed by atoms with Gasteiger partial charge < -0.3 is 5.73 Å². The highest BCUT2D eigenvalue weighted by molar-refractivity contribution is 5.85. The number of rotatable bonds is 2. The molecule has 2 nitrogen and oxygen atoms in total. The molecule has 0 aliphatic carbocycles. The standard InChI is InChI=1S/C16H11F3N2/c17-13-5-4-11(14(18)15(13)19)16(20)10-3-1-2-9-6-7-21-8-12(9)10/h1-8,16H,20H2. The van der Waals surface area contributed by atoms with Gasteiger partial charge in [-0.3, -0.25) is 4.98 Å². The summed E-state index contributed by atoms with van der Waals surface area (Å²) >= 11 is 0. The molecule has 0 aliphatic heterocycles. The zero-order valence-corrected chi connectivity index (χ0v) is 10.9. The van der Waals surface area contributed by atoms with Crippen molar-refractivity contribution in [1.29, 1.82) is 0 Å². The molecule has 1 aromatic heterocycles. The first-order chi connectivity index (χ1) is 10.1. The molecule has 0 saturated heterocycles. The molecule has 0 aliphatic rings. The van der Waals surface area contributed by atoms with Gasteiger partial charge in [-0.1, -0.05) is 24.3 Å². The second-order valence-corrected chi connectivity index (χ2v) is 4.69. The van der Waals surface area contributed by atoms with Gasteiger partial charge in [-0.2, -0.15) is 0 Å². The van der Waals surface area contributed by atoms with Crippen LogP contribution in [0.15, 0.2) is 48.8 Å². The van der Waals surface area contributed by atoms with Crippen LogP contribution < -0.4 is 5.73 Å². The van der Waals surface area contributed by atoms with Crippen LogP contribution in [0.4, 0.5) is 13.2 Å². The van der Waals surface area contributed by atoms with E-state index in [0.717, 1.165) is 22.9 Å². The van der Waals surface area contributed by atoms with Crippen LogP contribution in [-0.4, -0.2) is 4.98 Å². The number of nitrogens with two attached hydrogens (primary N) is 1. The first-order valence-electron chi connectivity index (χ1n) is 6.31. The summed E-state index contributed by atoms with van der Waals surface area (Å²) in [4.78, 5) is 4.02. The summed E-state index contributed by atoms with van der Waals surface area (Å²) in [6.07, 6.45) is 3.25. The molecule has 0 bridgehead atoms. The number of pyridine rings is 1. The van der Waals surface area contributed by atoms with Gasteiger partial charge in [0, 0.05) is 23.3 Å². The molecule has 1 unspecified atom stereocenters. The number of nitrogens with zero attached hydrogens (tertiary/aromatic N) is 1. The molecular weight excluding hydrogens is 277 g/mol. The Labute approximate surface area is 119 Å². The van der Waals surface area contributed by atoms with Crippen LogP contribution >= 0.6 is 0 Å². The monoisotopic (exact) mass is 288 g/mol. The van der Waals surface area contributed by atoms with Gasteiger partial charge in [0.1, 0.15) is 0 Å². The quantitative estimate of drug-likeness (QED) is 0.730. The Kier molecular flexibility index (Phi) is 3.35. The van der Waals surface area contributed by atoms with Crippen molar-refractivity contribution < 1.29 is 13.2 Å². The Balaban J connectivity index is 2.17. The van der Waals surface area contributed by atoms with Crippen molar-refractivity contribution >= 4 is 10.8 Å². The van der Waals surface area contributed by atoms with E-state index in [2.05, 4.69) is 4.98 Å². The lowest BCUT2D eigenvalue weighted by atomic mass is 9.95. The van der Waals surface area contributed by atoms with Crippen LogP contribution in [0, 0.1) is 17.5 Å². The van der Waals surface area contributed by atoms with Crippen molar-refractivity contribution in [2.45, 2.75) is 6.04 Å². The summed E-state index contributed by atoms with van der Waals surface area (Å²) < 4.78 is 40.3. The van der Waals surface area contributed by atoms with Crippen LogP contribution in [0.2, 0.25) is 0 Å². The highest BCUT2D eigenvalue weighted by Gasteiger charge is 2.20. The van der Waals surface area contributed by atoms with Crippen molar-refractivity contribution in [3.63, 3.8) is 0 Å². The molecule has 3 aromatic rings. The molecular formula is C16H11F3N2. The summed E-state index contributed by atoms with van der Waals surface area (Å²) in [6, 6.07) is 8.28. The topological polar surface area (TPSA) is 38.9 Å². The van der Waals surface area contributed by atoms with Gasteiger partial charge in [0.2, 0.25) is 0 Å². The molecule has 3 rings (SSSR count). The molecule has 0 spiro atoms. The number of hydrogen-bond acceptors (Lipinski definition) is 2. The fraction of sp³-hybridized carbons (Fsp3) is 0.0625. The first kappa shape index (κ1) is 13.6. The predicted octanol–water partition coefficient (Wildman–Crippen LogP) is 3.70. The molecule has 2 aromatic carbocycles. The molecule has 0 fully saturated rings. The highest BCUT2D eigenvalue weighted by Crippen LogP contribution is 2.29. The van der Waals surface area contributed by atoms with E-state index in [1.165, 1.54) is 0 Å². The minimum absolute atomic E-state index is 0.0924. The molecule has 2 N–H and O–H groups in total.